The average Bonchev–Trinajstić information content (AvgIpc) is 2.55. The molecule has 3 aromatic rings. The first-order valence-corrected chi connectivity index (χ1v) is 7.24. The molecule has 0 bridgehead atoms. The summed E-state index contributed by atoms with van der Waals surface area (Å²) in [6.07, 6.45) is 1.29. The fourth-order valence-electron chi connectivity index (χ4n) is 2.33. The molecule has 0 saturated heterocycles. The molecule has 0 radical (unpaired) electrons. The van der Waals surface area contributed by atoms with E-state index in [-0.39, 0.29) is 22.6 Å². The van der Waals surface area contributed by atoms with Crippen LogP contribution in [0, 0.1) is 17.5 Å². The lowest BCUT2D eigenvalue weighted by Gasteiger charge is -2.14. The number of hydrogen-bond acceptors (Lipinski definition) is 3. The van der Waals surface area contributed by atoms with Crippen LogP contribution in [0.15, 0.2) is 53.5 Å². The highest BCUT2D eigenvalue weighted by molar-refractivity contribution is 5.74. The van der Waals surface area contributed by atoms with Gasteiger partial charge in [0.05, 0.1) is 0 Å². The molecule has 2 N–H and O–H groups in total. The summed E-state index contributed by atoms with van der Waals surface area (Å²) in [6.45, 7) is 0. The smallest absolute Gasteiger partial charge is 0.253 e. The van der Waals surface area contributed by atoms with Crippen molar-refractivity contribution in [2.24, 2.45) is 7.05 Å². The van der Waals surface area contributed by atoms with Gasteiger partial charge in [0.15, 0.2) is 11.6 Å². The van der Waals surface area contributed by atoms with E-state index in [9.17, 15) is 18.0 Å². The minimum absolute atomic E-state index is 0.0620. The van der Waals surface area contributed by atoms with E-state index in [0.29, 0.717) is 11.8 Å². The fourth-order valence-corrected chi connectivity index (χ4v) is 2.33. The van der Waals surface area contributed by atoms with E-state index in [0.717, 1.165) is 18.2 Å². The third-order valence-corrected chi connectivity index (χ3v) is 3.59. The molecule has 0 atom stereocenters. The lowest BCUT2D eigenvalue weighted by Crippen LogP contribution is -2.16. The molecule has 0 unspecified atom stereocenters. The molecule has 3 rings (SSSR count). The zero-order chi connectivity index (χ0) is 18.1. The van der Waals surface area contributed by atoms with Gasteiger partial charge in [-0.05, 0) is 30.3 Å². The molecular formula is C18H13F3N2O2. The fraction of sp³-hybridized carbons (Fsp3) is 0.0556. The van der Waals surface area contributed by atoms with Crippen molar-refractivity contribution in [2.75, 3.05) is 5.73 Å². The van der Waals surface area contributed by atoms with Crippen molar-refractivity contribution in [3.8, 4) is 22.6 Å². The molecule has 0 fully saturated rings. The number of halogens is 3. The zero-order valence-corrected chi connectivity index (χ0v) is 13.1. The summed E-state index contributed by atoms with van der Waals surface area (Å²) in [5.41, 5.74) is 5.86. The van der Waals surface area contributed by atoms with Gasteiger partial charge >= 0.3 is 0 Å². The molecule has 4 nitrogen and oxygen atoms in total. The summed E-state index contributed by atoms with van der Waals surface area (Å²) >= 11 is 0. The Morgan fingerprint density at radius 1 is 0.920 bits per heavy atom. The molecule has 0 saturated carbocycles. The third kappa shape index (κ3) is 3.35. The second-order valence-electron chi connectivity index (χ2n) is 5.42. The van der Waals surface area contributed by atoms with Gasteiger partial charge in [0.25, 0.3) is 5.56 Å². The first kappa shape index (κ1) is 16.6. The van der Waals surface area contributed by atoms with Crippen molar-refractivity contribution in [2.45, 2.75) is 0 Å². The van der Waals surface area contributed by atoms with E-state index in [1.54, 1.807) is 0 Å². The molecular weight excluding hydrogens is 333 g/mol. The van der Waals surface area contributed by atoms with E-state index in [1.165, 1.54) is 36.0 Å². The van der Waals surface area contributed by atoms with Gasteiger partial charge in [-0.15, -0.1) is 0 Å². The molecule has 0 aliphatic heterocycles. The van der Waals surface area contributed by atoms with E-state index in [2.05, 4.69) is 0 Å². The van der Waals surface area contributed by atoms with Gasteiger partial charge in [0.1, 0.15) is 17.4 Å². The number of aryl methyl sites for hydroxylation is 1. The molecule has 128 valence electrons. The number of pyridine rings is 1. The quantitative estimate of drug-likeness (QED) is 0.733. The summed E-state index contributed by atoms with van der Waals surface area (Å²) in [5.74, 6) is -2.52. The largest absolute Gasteiger partial charge is 0.454 e. The van der Waals surface area contributed by atoms with Crippen LogP contribution < -0.4 is 16.0 Å². The van der Waals surface area contributed by atoms with Crippen LogP contribution in [0.2, 0.25) is 0 Å². The minimum Gasteiger partial charge on any atom is -0.454 e. The number of anilines is 1. The molecule has 25 heavy (non-hydrogen) atoms. The number of rotatable bonds is 3. The summed E-state index contributed by atoms with van der Waals surface area (Å²) < 4.78 is 47.8. The van der Waals surface area contributed by atoms with Crippen molar-refractivity contribution in [3.63, 3.8) is 0 Å². The van der Waals surface area contributed by atoms with Crippen molar-refractivity contribution in [1.82, 2.24) is 4.57 Å². The summed E-state index contributed by atoms with van der Waals surface area (Å²) in [4.78, 5) is 11.5. The highest BCUT2D eigenvalue weighted by Crippen LogP contribution is 2.36. The predicted octanol–water partition coefficient (Wildman–Crippen LogP) is 3.84. The molecule has 0 spiro atoms. The first-order chi connectivity index (χ1) is 11.8. The number of aromatic nitrogens is 1. The predicted molar refractivity (Wildman–Crippen MR) is 87.9 cm³/mol. The summed E-state index contributed by atoms with van der Waals surface area (Å²) in [7, 11) is 1.47. The van der Waals surface area contributed by atoms with Gasteiger partial charge in [0, 0.05) is 42.2 Å². The Labute approximate surface area is 140 Å². The maximum atomic E-state index is 14.3. The van der Waals surface area contributed by atoms with Crippen molar-refractivity contribution >= 4 is 5.69 Å². The van der Waals surface area contributed by atoms with Gasteiger partial charge in [-0.1, -0.05) is 0 Å². The number of hydrogen-bond donors (Lipinski definition) is 1. The lowest BCUT2D eigenvalue weighted by molar-refractivity contribution is 0.438. The maximum Gasteiger partial charge on any atom is 0.253 e. The van der Waals surface area contributed by atoms with Crippen LogP contribution in [-0.4, -0.2) is 4.57 Å². The van der Waals surface area contributed by atoms with Crippen LogP contribution in [0.1, 0.15) is 0 Å². The Hall–Kier alpha value is -3.22. The molecule has 0 aliphatic carbocycles. The normalized spacial score (nSPS) is 10.7. The molecule has 1 heterocycles. The first-order valence-electron chi connectivity index (χ1n) is 7.24. The lowest BCUT2D eigenvalue weighted by atomic mass is 10.0. The molecule has 0 aliphatic rings. The Morgan fingerprint density at radius 2 is 1.64 bits per heavy atom. The Bertz CT molecular complexity index is 1020. The maximum absolute atomic E-state index is 14.3. The Morgan fingerprint density at radius 3 is 2.36 bits per heavy atom. The van der Waals surface area contributed by atoms with E-state index < -0.39 is 23.0 Å². The minimum atomic E-state index is -0.899. The van der Waals surface area contributed by atoms with Crippen LogP contribution >= 0.6 is 0 Å². The number of ether oxygens (including phenoxy) is 1. The van der Waals surface area contributed by atoms with Crippen LogP contribution in [0.4, 0.5) is 18.9 Å². The van der Waals surface area contributed by atoms with E-state index >= 15 is 0 Å². The average molecular weight is 346 g/mol. The molecule has 0 amide bonds. The van der Waals surface area contributed by atoms with Crippen LogP contribution in [-0.2, 0) is 7.05 Å². The second-order valence-corrected chi connectivity index (χ2v) is 5.42. The van der Waals surface area contributed by atoms with Gasteiger partial charge in [-0.25, -0.2) is 13.2 Å². The second kappa shape index (κ2) is 6.35. The SMILES string of the molecule is Cn1cc(-c2cc(N)ccc2Oc2ccc(F)cc2F)c(F)cc1=O. The van der Waals surface area contributed by atoms with Gasteiger partial charge in [-0.3, -0.25) is 4.79 Å². The monoisotopic (exact) mass is 346 g/mol. The number of nitrogens with two attached hydrogens (primary N) is 1. The van der Waals surface area contributed by atoms with Crippen molar-refractivity contribution in [3.05, 3.63) is 76.5 Å². The molecule has 7 heteroatoms. The van der Waals surface area contributed by atoms with Crippen LogP contribution in [0.3, 0.4) is 0 Å². The number of benzene rings is 2. The van der Waals surface area contributed by atoms with Crippen molar-refractivity contribution < 1.29 is 17.9 Å². The summed E-state index contributed by atoms with van der Waals surface area (Å²) in [6, 6.07) is 8.07. The standard InChI is InChI=1S/C18H13F3N2O2/c1-23-9-13(14(20)8-18(23)24)12-7-11(22)3-5-16(12)25-17-4-2-10(19)6-15(17)21/h2-9H,22H2,1H3. The van der Waals surface area contributed by atoms with Crippen LogP contribution in [0.25, 0.3) is 11.1 Å². The number of nitrogen functional groups attached to an aromatic ring is 1. The van der Waals surface area contributed by atoms with Gasteiger partial charge in [-0.2, -0.15) is 0 Å². The molecule has 2 aromatic carbocycles. The van der Waals surface area contributed by atoms with E-state index in [1.807, 2.05) is 0 Å². The topological polar surface area (TPSA) is 57.2 Å². The van der Waals surface area contributed by atoms with Gasteiger partial charge in [0.2, 0.25) is 0 Å². The summed E-state index contributed by atoms with van der Waals surface area (Å²) in [5, 5.41) is 0. The third-order valence-electron chi connectivity index (χ3n) is 3.59. The Kier molecular flexibility index (Phi) is 4.22. The van der Waals surface area contributed by atoms with Gasteiger partial charge < -0.3 is 15.0 Å². The van der Waals surface area contributed by atoms with Crippen LogP contribution in [0.5, 0.6) is 11.5 Å². The van der Waals surface area contributed by atoms with Crippen molar-refractivity contribution in [1.29, 1.82) is 0 Å². The molecule has 1 aromatic heterocycles. The highest BCUT2D eigenvalue weighted by Gasteiger charge is 2.15. The Balaban J connectivity index is 2.13. The number of nitrogens with zero attached hydrogens (tertiary/aromatic N) is 1. The zero-order valence-electron chi connectivity index (χ0n) is 13.1. The highest BCUT2D eigenvalue weighted by atomic mass is 19.1. The van der Waals surface area contributed by atoms with E-state index in [4.69, 9.17) is 10.5 Å².